The second kappa shape index (κ2) is 3.53. The van der Waals surface area contributed by atoms with E-state index in [2.05, 4.69) is 11.8 Å². The van der Waals surface area contributed by atoms with Crippen LogP contribution < -0.4 is 0 Å². The predicted molar refractivity (Wildman–Crippen MR) is 62.7 cm³/mol. The van der Waals surface area contributed by atoms with Gasteiger partial charge >= 0.3 is 0 Å². The molecule has 0 amide bonds. The molecule has 1 fully saturated rings. The van der Waals surface area contributed by atoms with E-state index >= 15 is 0 Å². The smallest absolute Gasteiger partial charge is 0.105 e. The molecule has 5 heteroatoms. The molecule has 64 valence electrons. The molecule has 1 rings (SSSR count). The van der Waals surface area contributed by atoms with Crippen molar-refractivity contribution in [2.75, 3.05) is 7.05 Å². The summed E-state index contributed by atoms with van der Waals surface area (Å²) in [7, 11) is 3.32. The summed E-state index contributed by atoms with van der Waals surface area (Å²) in [4.78, 5) is 0. The summed E-state index contributed by atoms with van der Waals surface area (Å²) in [6.45, 7) is 0. The van der Waals surface area contributed by atoms with Crippen LogP contribution in [0.3, 0.4) is 0 Å². The van der Waals surface area contributed by atoms with Gasteiger partial charge < -0.3 is 0 Å². The zero-order chi connectivity index (χ0) is 9.35. The van der Waals surface area contributed by atoms with Crippen molar-refractivity contribution >= 4 is 39.5 Å². The van der Waals surface area contributed by atoms with Gasteiger partial charge in [0.2, 0.25) is 0 Å². The lowest BCUT2D eigenvalue weighted by atomic mass is 10.2. The fraction of sp³-hybridized carbons (Fsp3) is 0.429. The summed E-state index contributed by atoms with van der Waals surface area (Å²) in [5, 5.41) is -0.0370. The zero-order valence-corrected chi connectivity index (χ0v) is 9.66. The third kappa shape index (κ3) is 1.61. The monoisotopic (exact) mass is 233 g/mol. The fourth-order valence-electron chi connectivity index (χ4n) is 0.893. The van der Waals surface area contributed by atoms with Crippen molar-refractivity contribution in [1.29, 1.82) is 0 Å². The van der Waals surface area contributed by atoms with Gasteiger partial charge in [-0.2, -0.15) is 0 Å². The lowest BCUT2D eigenvalue weighted by Crippen LogP contribution is -2.30. The van der Waals surface area contributed by atoms with Gasteiger partial charge in [-0.05, 0) is 22.4 Å². The van der Waals surface area contributed by atoms with Crippen LogP contribution in [0.1, 0.15) is 0 Å². The minimum Gasteiger partial charge on any atom is -0.222 e. The van der Waals surface area contributed by atoms with Gasteiger partial charge in [0.25, 0.3) is 0 Å². The van der Waals surface area contributed by atoms with Gasteiger partial charge in [0.05, 0.1) is 0 Å². The second-order valence-corrected chi connectivity index (χ2v) is 11.2. The molecule has 0 spiro atoms. The van der Waals surface area contributed by atoms with Crippen LogP contribution in [0.4, 0.5) is 0 Å². The van der Waals surface area contributed by atoms with Crippen molar-refractivity contribution in [2.45, 2.75) is 11.3 Å². The first-order valence-electron chi connectivity index (χ1n) is 3.11. The molecule has 0 radical (unpaired) electrons. The van der Waals surface area contributed by atoms with E-state index in [-0.39, 0.29) is 11.3 Å². The average Bonchev–Trinajstić information content (AvgIpc) is 2.24. The number of terminal acetylenes is 2. The summed E-state index contributed by atoms with van der Waals surface area (Å²) in [5.74, 6) is 5.24. The van der Waals surface area contributed by atoms with Gasteiger partial charge in [-0.3, -0.25) is 0 Å². The molecule has 2 unspecified atom stereocenters. The Morgan fingerprint density at radius 3 is 2.33 bits per heavy atom. The first-order chi connectivity index (χ1) is 5.53. The maximum Gasteiger partial charge on any atom is 0.105 e. The van der Waals surface area contributed by atoms with Gasteiger partial charge in [0, 0.05) is 13.4 Å². The first-order valence-corrected chi connectivity index (χ1v) is 7.95. The van der Waals surface area contributed by atoms with Gasteiger partial charge in [0.1, 0.15) is 11.3 Å². The molecule has 1 aliphatic rings. The first kappa shape index (κ1) is 10.3. The van der Waals surface area contributed by atoms with Crippen molar-refractivity contribution in [2.24, 2.45) is 0 Å². The molecule has 0 bridgehead atoms. The molecule has 1 saturated heterocycles. The van der Waals surface area contributed by atoms with Crippen molar-refractivity contribution in [3.05, 3.63) is 0 Å². The Hall–Kier alpha value is 0.220. The molecule has 1 nitrogen and oxygen atoms in total. The molecule has 2 atom stereocenters. The molecule has 1 heterocycles. The quantitative estimate of drug-likeness (QED) is 0.444. The second-order valence-electron chi connectivity index (χ2n) is 2.27. The van der Waals surface area contributed by atoms with Crippen LogP contribution in [0.25, 0.3) is 0 Å². The summed E-state index contributed by atoms with van der Waals surface area (Å²) in [6, 6.07) is -0.0926. The number of hydrogen-bond acceptors (Lipinski definition) is 3. The van der Waals surface area contributed by atoms with Crippen LogP contribution >= 0.6 is 10.8 Å². The Morgan fingerprint density at radius 2 is 2.00 bits per heavy atom. The van der Waals surface area contributed by atoms with Crippen molar-refractivity contribution in [3.63, 3.8) is 0 Å². The van der Waals surface area contributed by atoms with Crippen molar-refractivity contribution in [3.8, 4) is 24.7 Å². The summed E-state index contributed by atoms with van der Waals surface area (Å²) in [5.41, 5.74) is 0. The van der Waals surface area contributed by atoms with Gasteiger partial charge in [-0.25, -0.2) is 4.31 Å². The van der Waals surface area contributed by atoms with Crippen LogP contribution in [0.2, 0.25) is 0 Å². The largest absolute Gasteiger partial charge is 0.222 e. The molecular formula is C7H7NS4. The lowest BCUT2D eigenvalue weighted by Gasteiger charge is -2.15. The molecular weight excluding hydrogens is 226 g/mol. The molecule has 0 aromatic carbocycles. The van der Waals surface area contributed by atoms with E-state index in [0.717, 1.165) is 0 Å². The van der Waals surface area contributed by atoms with Crippen LogP contribution in [-0.2, 0) is 28.7 Å². The minimum absolute atomic E-state index is 0.0370. The van der Waals surface area contributed by atoms with E-state index in [1.54, 1.807) is 0 Å². The molecule has 0 saturated carbocycles. The Balaban J connectivity index is 3.07. The van der Waals surface area contributed by atoms with Crippen molar-refractivity contribution < 1.29 is 0 Å². The molecule has 0 aromatic rings. The summed E-state index contributed by atoms with van der Waals surface area (Å²) < 4.78 is 1.87. The number of rotatable bonds is 0. The standard InChI is InChI=1S/C7H7NS4/c1-4-6-7(5-2)11-12(9,10)8(6)3/h1-2,6-7H,3H3. The molecule has 0 N–H and O–H groups in total. The lowest BCUT2D eigenvalue weighted by molar-refractivity contribution is 0.515. The highest BCUT2D eigenvalue weighted by molar-refractivity contribution is 8.97. The SMILES string of the molecule is C#CC1SS(=S)(=S)N(C)C1C#C. The van der Waals surface area contributed by atoms with Crippen molar-refractivity contribution in [1.82, 2.24) is 4.31 Å². The number of nitrogens with zero attached hydrogens (tertiary/aromatic N) is 1. The van der Waals surface area contributed by atoms with Gasteiger partial charge in [-0.1, -0.05) is 22.6 Å². The van der Waals surface area contributed by atoms with Crippen LogP contribution in [-0.4, -0.2) is 22.6 Å². The maximum absolute atomic E-state index is 5.33. The normalized spacial score (nSPS) is 33.9. The molecule has 1 aliphatic heterocycles. The summed E-state index contributed by atoms with van der Waals surface area (Å²) >= 11 is 10.4. The Morgan fingerprint density at radius 1 is 1.42 bits per heavy atom. The maximum atomic E-state index is 5.33. The van der Waals surface area contributed by atoms with Crippen LogP contribution in [0.15, 0.2) is 0 Å². The average molecular weight is 233 g/mol. The Kier molecular flexibility index (Phi) is 3.03. The van der Waals surface area contributed by atoms with E-state index in [9.17, 15) is 0 Å². The molecule has 0 aromatic heterocycles. The topological polar surface area (TPSA) is 3.24 Å². The Bertz CT molecular complexity index is 356. The predicted octanol–water partition coefficient (Wildman–Crippen LogP) is 0.576. The molecule has 12 heavy (non-hydrogen) atoms. The highest BCUT2D eigenvalue weighted by atomic mass is 33.5. The third-order valence-corrected chi connectivity index (χ3v) is 8.25. The third-order valence-electron chi connectivity index (χ3n) is 1.59. The summed E-state index contributed by atoms with van der Waals surface area (Å²) in [6.07, 6.45) is 9.03. The number of hydrogen-bond donors (Lipinski definition) is 0. The highest BCUT2D eigenvalue weighted by Crippen LogP contribution is 2.36. The van der Waals surface area contributed by atoms with Gasteiger partial charge in [-0.15, -0.1) is 12.8 Å². The zero-order valence-electron chi connectivity index (χ0n) is 6.39. The minimum atomic E-state index is -1.62. The highest BCUT2D eigenvalue weighted by Gasteiger charge is 2.36. The van der Waals surface area contributed by atoms with E-state index in [1.807, 2.05) is 11.4 Å². The van der Waals surface area contributed by atoms with E-state index in [0.29, 0.717) is 0 Å². The van der Waals surface area contributed by atoms with Gasteiger partial charge in [0.15, 0.2) is 0 Å². The van der Waals surface area contributed by atoms with Crippen LogP contribution in [0, 0.1) is 24.7 Å². The van der Waals surface area contributed by atoms with E-state index in [1.165, 1.54) is 10.8 Å². The van der Waals surface area contributed by atoms with E-state index in [4.69, 9.17) is 35.2 Å². The fourth-order valence-corrected chi connectivity index (χ4v) is 6.28. The van der Waals surface area contributed by atoms with E-state index < -0.39 is 6.36 Å². The Labute approximate surface area is 86.6 Å². The molecule has 0 aliphatic carbocycles. The van der Waals surface area contributed by atoms with Crippen LogP contribution in [0.5, 0.6) is 0 Å².